The summed E-state index contributed by atoms with van der Waals surface area (Å²) in [5.74, 6) is -2.59. The number of ether oxygens (including phenoxy) is 2. The third-order valence-electron chi connectivity index (χ3n) is 12.1. The minimum absolute atomic E-state index is 0.00422. The fourth-order valence-corrected chi connectivity index (χ4v) is 8.83. The molecule has 0 unspecified atom stereocenters. The molecular weight excluding hydrogens is 764 g/mol. The maximum atomic E-state index is 13.1. The Bertz CT molecular complexity index is 2320. The van der Waals surface area contributed by atoms with Gasteiger partial charge in [-0.25, -0.2) is 4.79 Å². The van der Waals surface area contributed by atoms with Gasteiger partial charge in [0.25, 0.3) is 0 Å². The summed E-state index contributed by atoms with van der Waals surface area (Å²) < 4.78 is 54.7. The number of nitrogens with one attached hydrogen (secondary N) is 2. The van der Waals surface area contributed by atoms with Gasteiger partial charge in [-0.1, -0.05) is 85.8 Å². The van der Waals surface area contributed by atoms with E-state index in [2.05, 4.69) is 22.1 Å². The molecule has 3 aliphatic heterocycles. The Morgan fingerprint density at radius 1 is 0.847 bits per heavy atom. The van der Waals surface area contributed by atoms with Crippen molar-refractivity contribution in [2.45, 2.75) is 82.5 Å². The van der Waals surface area contributed by atoms with Crippen molar-refractivity contribution in [1.29, 1.82) is 0 Å². The predicted molar refractivity (Wildman–Crippen MR) is 215 cm³/mol. The van der Waals surface area contributed by atoms with Gasteiger partial charge in [0.15, 0.2) is 6.29 Å². The second-order valence-corrected chi connectivity index (χ2v) is 15.9. The van der Waals surface area contributed by atoms with Crippen LogP contribution in [0, 0.1) is 5.92 Å². The van der Waals surface area contributed by atoms with E-state index in [4.69, 9.17) is 9.47 Å². The number of benzene rings is 4. The van der Waals surface area contributed by atoms with Crippen molar-refractivity contribution in [2.24, 2.45) is 5.92 Å². The smallest absolute Gasteiger partial charge is 0.392 e. The summed E-state index contributed by atoms with van der Waals surface area (Å²) in [5.41, 5.74) is 6.92. The minimum atomic E-state index is -5.03. The molecule has 59 heavy (non-hydrogen) atoms. The number of halogens is 3. The molecule has 310 valence electrons. The fourth-order valence-electron chi connectivity index (χ4n) is 8.83. The fraction of sp³-hybridized carbons (Fsp3) is 0.400. The number of para-hydroxylation sites is 2. The predicted octanol–water partition coefficient (Wildman–Crippen LogP) is 6.79. The monoisotopic (exact) mass is 811 g/mol. The molecule has 1 aromatic heterocycles. The van der Waals surface area contributed by atoms with Crippen LogP contribution < -0.4 is 11.0 Å². The number of carbonyl (C=O) groups excluding carboxylic acids is 2. The van der Waals surface area contributed by atoms with Crippen molar-refractivity contribution in [3.05, 3.63) is 130 Å². The van der Waals surface area contributed by atoms with Crippen molar-refractivity contribution in [1.82, 2.24) is 24.7 Å². The molecule has 5 atom stereocenters. The molecule has 0 saturated carbocycles. The lowest BCUT2D eigenvalue weighted by molar-refractivity contribution is -0.276. The van der Waals surface area contributed by atoms with E-state index in [9.17, 15) is 32.7 Å². The summed E-state index contributed by atoms with van der Waals surface area (Å²) in [6, 6.07) is 30.0. The number of rotatable bonds is 10. The number of amides is 2. The molecule has 0 bridgehead atoms. The standard InChI is InChI=1S/C45H48F3N5O6/c1-28-39(26-51-22-19-35(20-23-51)53-37-9-3-2-8-36(37)50-44(53)57)58-42(59-40(28)32-13-11-29(27-54)12-14-32)33-17-15-31(16-18-33)34-7-4-6-30(24-34)25-49-41(55)38-10-5-21-52(38)43(56)45(46,47)48/h2-4,6-9,11-18,24,28,35,38-40,42,54H,5,10,19-23,25-27H2,1H3,(H,49,55)(H,50,57)/t28-,38-,39+,40+,42+/m0/s1. The molecule has 11 nitrogen and oxygen atoms in total. The Hall–Kier alpha value is -5.28. The summed E-state index contributed by atoms with van der Waals surface area (Å²) in [5, 5.41) is 12.4. The molecule has 3 saturated heterocycles. The first-order valence-electron chi connectivity index (χ1n) is 20.2. The zero-order valence-corrected chi connectivity index (χ0v) is 32.7. The number of aliphatic hydroxyl groups is 1. The van der Waals surface area contributed by atoms with Crippen molar-refractivity contribution in [2.75, 3.05) is 26.2 Å². The van der Waals surface area contributed by atoms with Gasteiger partial charge >= 0.3 is 17.8 Å². The number of aromatic amines is 1. The van der Waals surface area contributed by atoms with E-state index in [0.29, 0.717) is 17.9 Å². The van der Waals surface area contributed by atoms with Crippen LogP contribution in [0.15, 0.2) is 102 Å². The van der Waals surface area contributed by atoms with Gasteiger partial charge in [0.1, 0.15) is 6.04 Å². The Morgan fingerprint density at radius 2 is 1.58 bits per heavy atom. The number of aromatic nitrogens is 2. The van der Waals surface area contributed by atoms with Crippen LogP contribution in [0.3, 0.4) is 0 Å². The first kappa shape index (κ1) is 40.5. The van der Waals surface area contributed by atoms with E-state index in [1.165, 1.54) is 0 Å². The molecule has 0 spiro atoms. The van der Waals surface area contributed by atoms with Gasteiger partial charge < -0.3 is 34.7 Å². The van der Waals surface area contributed by atoms with Crippen LogP contribution in [0.2, 0.25) is 0 Å². The van der Waals surface area contributed by atoms with Gasteiger partial charge in [0.05, 0.1) is 29.8 Å². The van der Waals surface area contributed by atoms with Crippen LogP contribution >= 0.6 is 0 Å². The highest BCUT2D eigenvalue weighted by molar-refractivity contribution is 5.90. The molecule has 3 N–H and O–H groups in total. The topological polar surface area (TPSA) is 129 Å². The van der Waals surface area contributed by atoms with Crippen LogP contribution in [0.5, 0.6) is 0 Å². The van der Waals surface area contributed by atoms with Crippen molar-refractivity contribution in [3.63, 3.8) is 0 Å². The number of likely N-dealkylation sites (tertiary alicyclic amines) is 2. The second kappa shape index (κ2) is 17.1. The van der Waals surface area contributed by atoms with Gasteiger partial charge in [-0.15, -0.1) is 0 Å². The molecule has 14 heteroatoms. The third-order valence-corrected chi connectivity index (χ3v) is 12.1. The molecule has 4 aromatic carbocycles. The number of nitrogens with zero attached hydrogens (tertiary/aromatic N) is 3. The van der Waals surface area contributed by atoms with Crippen molar-refractivity contribution >= 4 is 22.8 Å². The van der Waals surface area contributed by atoms with Gasteiger partial charge in [0.2, 0.25) is 5.91 Å². The molecule has 3 fully saturated rings. The van der Waals surface area contributed by atoms with Crippen LogP contribution in [-0.4, -0.2) is 80.8 Å². The summed E-state index contributed by atoms with van der Waals surface area (Å²) in [6.45, 7) is 4.42. The van der Waals surface area contributed by atoms with Gasteiger partial charge in [-0.05, 0) is 71.7 Å². The number of H-pyrrole nitrogens is 1. The average molecular weight is 812 g/mol. The van der Waals surface area contributed by atoms with E-state index in [-0.39, 0.29) is 56.0 Å². The summed E-state index contributed by atoms with van der Waals surface area (Å²) in [7, 11) is 0. The molecule has 2 amide bonds. The first-order chi connectivity index (χ1) is 28.5. The highest BCUT2D eigenvalue weighted by Crippen LogP contribution is 2.42. The highest BCUT2D eigenvalue weighted by Gasteiger charge is 2.47. The molecular formula is C45H48F3N5O6. The number of aliphatic hydroxyl groups excluding tert-OH is 1. The van der Waals surface area contributed by atoms with Crippen molar-refractivity contribution in [3.8, 4) is 11.1 Å². The third kappa shape index (κ3) is 8.72. The van der Waals surface area contributed by atoms with Gasteiger partial charge in [-0.3, -0.25) is 14.2 Å². The minimum Gasteiger partial charge on any atom is -0.392 e. The van der Waals surface area contributed by atoms with Gasteiger partial charge in [-0.2, -0.15) is 13.2 Å². The number of alkyl halides is 3. The summed E-state index contributed by atoms with van der Waals surface area (Å²) in [4.78, 5) is 43.7. The second-order valence-electron chi connectivity index (χ2n) is 15.9. The Labute approximate surface area is 339 Å². The molecule has 4 heterocycles. The Kier molecular flexibility index (Phi) is 11.8. The lowest BCUT2D eigenvalue weighted by atomic mass is 9.89. The highest BCUT2D eigenvalue weighted by atomic mass is 19.4. The Morgan fingerprint density at radius 3 is 2.31 bits per heavy atom. The number of imidazole rings is 1. The van der Waals surface area contributed by atoms with Crippen LogP contribution in [0.4, 0.5) is 13.2 Å². The maximum Gasteiger partial charge on any atom is 0.471 e. The van der Waals surface area contributed by atoms with E-state index in [1.807, 2.05) is 102 Å². The van der Waals surface area contributed by atoms with Gasteiger partial charge in [0, 0.05) is 50.2 Å². The quantitative estimate of drug-likeness (QED) is 0.142. The van der Waals surface area contributed by atoms with Crippen LogP contribution in [0.25, 0.3) is 22.2 Å². The zero-order valence-electron chi connectivity index (χ0n) is 32.7. The van der Waals surface area contributed by atoms with E-state index >= 15 is 0 Å². The maximum absolute atomic E-state index is 13.1. The lowest BCUT2D eigenvalue weighted by Crippen LogP contribution is -2.50. The average Bonchev–Trinajstić information content (AvgIpc) is 3.88. The number of hydrogen-bond acceptors (Lipinski definition) is 7. The summed E-state index contributed by atoms with van der Waals surface area (Å²) >= 11 is 0. The van der Waals surface area contributed by atoms with E-state index in [0.717, 1.165) is 70.3 Å². The van der Waals surface area contributed by atoms with E-state index < -0.39 is 30.3 Å². The number of hydrogen-bond donors (Lipinski definition) is 3. The SMILES string of the molecule is C[C@H]1[C@@H](CN2CCC(n3c(=O)[nH]c4ccccc43)CC2)O[C@@H](c2ccc(-c3cccc(CNC(=O)[C@@H]4CCCN4C(=O)C(F)(F)F)c3)cc2)O[C@H]1c1ccc(CO)cc1. The van der Waals surface area contributed by atoms with Crippen LogP contribution in [0.1, 0.15) is 73.3 Å². The van der Waals surface area contributed by atoms with Crippen molar-refractivity contribution < 1.29 is 37.3 Å². The molecule has 0 aliphatic carbocycles. The first-order valence-corrected chi connectivity index (χ1v) is 20.2. The Balaban J connectivity index is 0.945. The molecule has 5 aromatic rings. The van der Waals surface area contributed by atoms with E-state index in [1.54, 1.807) is 0 Å². The molecule has 3 aliphatic rings. The zero-order chi connectivity index (χ0) is 41.3. The van der Waals surface area contributed by atoms with Crippen LogP contribution in [-0.2, 0) is 32.2 Å². The molecule has 0 radical (unpaired) electrons. The summed E-state index contributed by atoms with van der Waals surface area (Å²) in [6.07, 6.45) is -3.94. The largest absolute Gasteiger partial charge is 0.471 e. The lowest BCUT2D eigenvalue weighted by Gasteiger charge is -2.44. The number of piperidine rings is 1. The normalized spacial score (nSPS) is 23.1. The number of carbonyl (C=O) groups is 2. The number of fused-ring (bicyclic) bond motifs is 1. The molecule has 8 rings (SSSR count).